The Bertz CT molecular complexity index is 2510. The van der Waals surface area contributed by atoms with Crippen LogP contribution in [0.2, 0.25) is 10.3 Å². The van der Waals surface area contributed by atoms with Gasteiger partial charge >= 0.3 is 6.09 Å². The van der Waals surface area contributed by atoms with E-state index in [1.807, 2.05) is 18.7 Å². The first-order valence-corrected chi connectivity index (χ1v) is 24.3. The number of carbonyl (C=O) groups is 3. The fourth-order valence-electron chi connectivity index (χ4n) is 10.1. The highest BCUT2D eigenvalue weighted by Crippen LogP contribution is 2.48. The van der Waals surface area contributed by atoms with Crippen molar-refractivity contribution in [2.75, 3.05) is 25.1 Å². The zero-order chi connectivity index (χ0) is 47.0. The van der Waals surface area contributed by atoms with E-state index < -0.39 is 12.1 Å². The van der Waals surface area contributed by atoms with Gasteiger partial charge in [0.1, 0.15) is 39.4 Å². The summed E-state index contributed by atoms with van der Waals surface area (Å²) >= 11 is 13.7. The lowest BCUT2D eigenvalue weighted by atomic mass is 9.87. The molecule has 5 heterocycles. The molecule has 3 aromatic carbocycles. The Kier molecular flexibility index (Phi) is 13.9. The summed E-state index contributed by atoms with van der Waals surface area (Å²) in [7, 11) is 1.29. The predicted octanol–water partition coefficient (Wildman–Crippen LogP) is 11.9. The van der Waals surface area contributed by atoms with Crippen molar-refractivity contribution < 1.29 is 19.1 Å². The summed E-state index contributed by atoms with van der Waals surface area (Å²) < 4.78 is 4.81. The van der Waals surface area contributed by atoms with Crippen LogP contribution in [0.15, 0.2) is 72.8 Å². The van der Waals surface area contributed by atoms with Gasteiger partial charge in [0.25, 0.3) is 0 Å². The molecule has 3 N–H and O–H groups in total. The Hall–Kier alpha value is -5.33. The number of imidazole rings is 2. The Balaban J connectivity index is 1.03. The fourth-order valence-corrected chi connectivity index (χ4v) is 10.6. The van der Waals surface area contributed by atoms with Gasteiger partial charge in [-0.05, 0) is 84.6 Å². The van der Waals surface area contributed by atoms with Crippen LogP contribution in [-0.2, 0) is 19.7 Å². The molecule has 350 valence electrons. The number of H-pyrrole nitrogens is 2. The van der Waals surface area contributed by atoms with E-state index >= 15 is 0 Å². The molecule has 0 saturated carbocycles. The van der Waals surface area contributed by atoms with E-state index in [2.05, 4.69) is 128 Å². The molecule has 3 aliphatic rings. The number of hydrogen-bond acceptors (Lipinski definition) is 7. The average Bonchev–Trinajstić information content (AvgIpc) is 4.15. The zero-order valence-electron chi connectivity index (χ0n) is 39.5. The van der Waals surface area contributed by atoms with Crippen molar-refractivity contribution in [2.24, 2.45) is 11.8 Å². The lowest BCUT2D eigenvalue weighted by Crippen LogP contribution is -2.51. The van der Waals surface area contributed by atoms with Crippen LogP contribution < -0.4 is 10.2 Å². The van der Waals surface area contributed by atoms with Crippen LogP contribution in [0.5, 0.6) is 0 Å². The summed E-state index contributed by atoms with van der Waals surface area (Å²) in [4.78, 5) is 61.9. The molecule has 5 atom stereocenters. The number of nitrogens with zero attached hydrogens (tertiary/aromatic N) is 5. The number of halogens is 2. The first-order chi connectivity index (χ1) is 31.5. The van der Waals surface area contributed by atoms with Gasteiger partial charge in [-0.3, -0.25) is 9.59 Å². The number of likely N-dealkylation sites (tertiary alicyclic amines) is 2. The highest BCUT2D eigenvalue weighted by molar-refractivity contribution is 6.32. The quantitative estimate of drug-likeness (QED) is 0.113. The molecule has 5 aromatic rings. The standard InChI is InChI=1S/C52H64Cl2N8O4/c1-30(2)29-42(63)60-27-9-11-40(60)48-55-44(46(53)58-48)34-17-13-32(14-18-34)38-25-26-39(62(38)37-23-21-36(22-24-37)52(5,6)7)33-15-19-35(20-16-33)45-47(54)59-49(56-45)41-12-10-28-61(41)50(64)43(31(3)4)57-51(65)66-8/h13-24,30-31,38-41,43H,9-12,25-29H2,1-8H3,(H,55,58)(H,56,59)(H,57,65)/t38-,39-,40+,41+,43+/m1/s1. The molecule has 8 rings (SSSR count). The van der Waals surface area contributed by atoms with Gasteiger partial charge in [0.05, 0.1) is 31.3 Å². The van der Waals surface area contributed by atoms with E-state index in [4.69, 9.17) is 37.9 Å². The van der Waals surface area contributed by atoms with Gasteiger partial charge in [-0.25, -0.2) is 14.8 Å². The molecule has 3 saturated heterocycles. The number of carbonyl (C=O) groups excluding carboxylic acids is 3. The average molecular weight is 936 g/mol. The number of methoxy groups -OCH3 is 1. The first-order valence-electron chi connectivity index (χ1n) is 23.6. The minimum atomic E-state index is -0.724. The highest BCUT2D eigenvalue weighted by atomic mass is 35.5. The second kappa shape index (κ2) is 19.5. The minimum Gasteiger partial charge on any atom is -0.453 e. The molecule has 0 radical (unpaired) electrons. The molecule has 14 heteroatoms. The van der Waals surface area contributed by atoms with Gasteiger partial charge in [0, 0.05) is 36.3 Å². The van der Waals surface area contributed by atoms with Crippen molar-refractivity contribution in [3.05, 3.63) is 111 Å². The Labute approximate surface area is 399 Å². The van der Waals surface area contributed by atoms with Crippen molar-refractivity contribution in [3.8, 4) is 22.5 Å². The number of aromatic amines is 2. The monoisotopic (exact) mass is 934 g/mol. The smallest absolute Gasteiger partial charge is 0.407 e. The molecule has 0 spiro atoms. The molecule has 3 aliphatic heterocycles. The molecule has 0 aliphatic carbocycles. The van der Waals surface area contributed by atoms with Gasteiger partial charge in [-0.2, -0.15) is 0 Å². The maximum absolute atomic E-state index is 13.8. The number of hydrogen-bond donors (Lipinski definition) is 3. The third-order valence-electron chi connectivity index (χ3n) is 13.6. The van der Waals surface area contributed by atoms with Crippen molar-refractivity contribution in [1.82, 2.24) is 35.1 Å². The second-order valence-corrected chi connectivity index (χ2v) is 20.8. The van der Waals surface area contributed by atoms with E-state index in [1.54, 1.807) is 4.90 Å². The molecule has 12 nitrogen and oxygen atoms in total. The molecule has 66 heavy (non-hydrogen) atoms. The predicted molar refractivity (Wildman–Crippen MR) is 261 cm³/mol. The number of amides is 3. The van der Waals surface area contributed by atoms with Gasteiger partial charge in [0.15, 0.2) is 0 Å². The number of aromatic nitrogens is 4. The van der Waals surface area contributed by atoms with E-state index in [0.717, 1.165) is 67.7 Å². The fraction of sp³-hybridized carbons (Fsp3) is 0.481. The van der Waals surface area contributed by atoms with Crippen molar-refractivity contribution >= 4 is 46.8 Å². The van der Waals surface area contributed by atoms with Crippen LogP contribution in [0.4, 0.5) is 10.5 Å². The van der Waals surface area contributed by atoms with Crippen molar-refractivity contribution in [1.29, 1.82) is 0 Å². The van der Waals surface area contributed by atoms with Gasteiger partial charge in [0.2, 0.25) is 11.8 Å². The van der Waals surface area contributed by atoms with Crippen LogP contribution in [0, 0.1) is 11.8 Å². The number of ether oxygens (including phenoxy) is 1. The Morgan fingerprint density at radius 3 is 1.65 bits per heavy atom. The summed E-state index contributed by atoms with van der Waals surface area (Å²) in [6.07, 6.45) is 5.15. The van der Waals surface area contributed by atoms with Crippen LogP contribution in [0.3, 0.4) is 0 Å². The lowest BCUT2D eigenvalue weighted by Gasteiger charge is -2.34. The topological polar surface area (TPSA) is 140 Å². The SMILES string of the molecule is COC(=O)N[C@H](C(=O)N1CCC[C@H]1c1nc(-c2ccc([C@H]3CC[C@H](c4ccc(-c5nc([C@@H]6CCCN6C(=O)CC(C)C)[nH]c5Cl)cc4)N3c3ccc(C(C)(C)C)cc3)cc2)c(Cl)[nH]1)C(C)C. The van der Waals surface area contributed by atoms with Gasteiger partial charge < -0.3 is 34.7 Å². The summed E-state index contributed by atoms with van der Waals surface area (Å²) in [6, 6.07) is 25.3. The van der Waals surface area contributed by atoms with E-state index in [-0.39, 0.29) is 47.3 Å². The molecule has 3 fully saturated rings. The highest BCUT2D eigenvalue weighted by Gasteiger charge is 2.39. The van der Waals surface area contributed by atoms with Crippen LogP contribution in [0.1, 0.15) is 146 Å². The van der Waals surface area contributed by atoms with E-state index in [1.165, 1.54) is 23.8 Å². The van der Waals surface area contributed by atoms with Gasteiger partial charge in [-0.1, -0.05) is 132 Å². The summed E-state index contributed by atoms with van der Waals surface area (Å²) in [5, 5.41) is 3.62. The van der Waals surface area contributed by atoms with Gasteiger partial charge in [-0.15, -0.1) is 0 Å². The summed E-state index contributed by atoms with van der Waals surface area (Å²) in [5.41, 5.74) is 8.01. The van der Waals surface area contributed by atoms with Crippen molar-refractivity contribution in [3.63, 3.8) is 0 Å². The molecular formula is C52H64Cl2N8O4. The van der Waals surface area contributed by atoms with Crippen LogP contribution in [-0.4, -0.2) is 73.9 Å². The number of alkyl carbamates (subject to hydrolysis) is 1. The van der Waals surface area contributed by atoms with E-state index in [0.29, 0.717) is 46.4 Å². The van der Waals surface area contributed by atoms with Crippen LogP contribution in [0.25, 0.3) is 22.5 Å². The van der Waals surface area contributed by atoms with Crippen LogP contribution >= 0.6 is 23.2 Å². The Morgan fingerprint density at radius 2 is 1.20 bits per heavy atom. The third kappa shape index (κ3) is 9.72. The molecule has 0 unspecified atom stereocenters. The maximum atomic E-state index is 13.8. The summed E-state index contributed by atoms with van der Waals surface area (Å²) in [6.45, 7) is 16.0. The van der Waals surface area contributed by atoms with Crippen molar-refractivity contribution in [2.45, 2.75) is 129 Å². The molecular weight excluding hydrogens is 872 g/mol. The maximum Gasteiger partial charge on any atom is 0.407 e. The molecule has 0 bridgehead atoms. The first kappa shape index (κ1) is 47.2. The Morgan fingerprint density at radius 1 is 0.712 bits per heavy atom. The lowest BCUT2D eigenvalue weighted by molar-refractivity contribution is -0.135. The minimum absolute atomic E-state index is 0.0261. The largest absolute Gasteiger partial charge is 0.453 e. The second-order valence-electron chi connectivity index (χ2n) is 20.0. The summed E-state index contributed by atoms with van der Waals surface area (Å²) in [5.74, 6) is 1.54. The van der Waals surface area contributed by atoms with E-state index in [9.17, 15) is 14.4 Å². The zero-order valence-corrected chi connectivity index (χ0v) is 41.0. The number of nitrogens with one attached hydrogen (secondary N) is 3. The number of anilines is 1. The molecule has 2 aromatic heterocycles. The molecule has 3 amide bonds. The number of rotatable bonds is 12. The third-order valence-corrected chi connectivity index (χ3v) is 14.2. The number of benzene rings is 3. The normalized spacial score (nSPS) is 20.5.